The molecule has 0 aliphatic rings. The number of nitrogens with zero attached hydrogens (tertiary/aromatic N) is 2. The van der Waals surface area contributed by atoms with E-state index in [4.69, 9.17) is 0 Å². The zero-order valence-electron chi connectivity index (χ0n) is 8.76. The molecule has 98 valence electrons. The van der Waals surface area contributed by atoms with Crippen LogP contribution in [-0.4, -0.2) is 11.6 Å². The van der Waals surface area contributed by atoms with Crippen LogP contribution in [0.15, 0.2) is 12.4 Å². The predicted octanol–water partition coefficient (Wildman–Crippen LogP) is 3.27. The first-order valence-electron chi connectivity index (χ1n) is 3.96. The van der Waals surface area contributed by atoms with E-state index in [1.807, 2.05) is 42.7 Å². The topological polar surface area (TPSA) is 20.8 Å². The quantitative estimate of drug-likeness (QED) is 0.472. The fourth-order valence-corrected chi connectivity index (χ4v) is 0.943. The van der Waals surface area contributed by atoms with Gasteiger partial charge in [0.25, 0.3) is 0 Å². The molecule has 0 aliphatic heterocycles. The first-order chi connectivity index (χ1) is 6.70. The van der Waals surface area contributed by atoms with Crippen molar-refractivity contribution in [3.05, 3.63) is 12.4 Å². The van der Waals surface area contributed by atoms with Crippen molar-refractivity contribution in [1.82, 2.24) is 4.57 Å². The standard InChI is InChI=1S/C6H11N3.F6P/c1-7-6-8(2)4-5-9(6)3;1-7(2,3,4,5)6/h4-5H,1-3H3;/q;-1/p+1. The normalized spacial score (nSPS) is 15.6. The van der Waals surface area contributed by atoms with Gasteiger partial charge in [0.05, 0.1) is 33.5 Å². The monoisotopic (exact) mass is 271 g/mol. The second-order valence-electron chi connectivity index (χ2n) is 3.05. The van der Waals surface area contributed by atoms with Crippen LogP contribution in [0.2, 0.25) is 0 Å². The molecule has 0 aliphatic carbocycles. The number of aryl methyl sites for hydroxylation is 2. The molecular weight excluding hydrogens is 259 g/mol. The van der Waals surface area contributed by atoms with Gasteiger partial charge in [-0.25, -0.2) is 9.13 Å². The third-order valence-corrected chi connectivity index (χ3v) is 1.41. The van der Waals surface area contributed by atoms with Crippen molar-refractivity contribution in [3.8, 4) is 0 Å². The van der Waals surface area contributed by atoms with Gasteiger partial charge in [-0.1, -0.05) is 0 Å². The summed E-state index contributed by atoms with van der Waals surface area (Å²) in [5.41, 5.74) is 0. The van der Waals surface area contributed by atoms with Gasteiger partial charge in [-0.05, 0) is 0 Å². The molecule has 0 amide bonds. The molecule has 16 heavy (non-hydrogen) atoms. The molecule has 0 spiro atoms. The Morgan fingerprint density at radius 1 is 1.19 bits per heavy atom. The summed E-state index contributed by atoms with van der Waals surface area (Å²) < 4.78 is 63.2. The Labute approximate surface area is 87.9 Å². The maximum absolute atomic E-state index is 10.7. The first kappa shape index (κ1) is 15.0. The van der Waals surface area contributed by atoms with Gasteiger partial charge in [0.1, 0.15) is 0 Å². The summed E-state index contributed by atoms with van der Waals surface area (Å²) in [6.45, 7) is 0. The van der Waals surface area contributed by atoms with Crippen LogP contribution in [0.3, 0.4) is 0 Å². The van der Waals surface area contributed by atoms with Crippen molar-refractivity contribution < 1.29 is 29.7 Å². The van der Waals surface area contributed by atoms with Crippen molar-refractivity contribution in [2.75, 3.05) is 12.4 Å². The molecule has 0 atom stereocenters. The molecule has 3 nitrogen and oxygen atoms in total. The molecule has 0 unspecified atom stereocenters. The van der Waals surface area contributed by atoms with E-state index in [1.54, 1.807) is 0 Å². The summed E-state index contributed by atoms with van der Waals surface area (Å²) in [4.78, 5) is 0. The Kier molecular flexibility index (Phi) is 3.30. The van der Waals surface area contributed by atoms with Crippen molar-refractivity contribution in [3.63, 3.8) is 0 Å². The van der Waals surface area contributed by atoms with E-state index >= 15 is 0 Å². The van der Waals surface area contributed by atoms with Gasteiger partial charge in [-0.3, -0.25) is 5.32 Å². The van der Waals surface area contributed by atoms with Crippen LogP contribution in [0.5, 0.6) is 0 Å². The molecule has 0 saturated heterocycles. The van der Waals surface area contributed by atoms with Crippen molar-refractivity contribution in [2.24, 2.45) is 14.1 Å². The van der Waals surface area contributed by atoms with Gasteiger partial charge in [0, 0.05) is 0 Å². The van der Waals surface area contributed by atoms with E-state index in [2.05, 4.69) is 5.32 Å². The zero-order valence-corrected chi connectivity index (χ0v) is 9.66. The number of imidazole rings is 1. The summed E-state index contributed by atoms with van der Waals surface area (Å²) in [5.74, 6) is 1.11. The second kappa shape index (κ2) is 3.51. The fraction of sp³-hybridized carbons (Fsp3) is 0.500. The molecule has 1 N–H and O–H groups in total. The van der Waals surface area contributed by atoms with E-state index in [1.165, 1.54) is 0 Å². The Hall–Kier alpha value is -0.980. The number of rotatable bonds is 1. The van der Waals surface area contributed by atoms with Crippen LogP contribution >= 0.6 is 7.81 Å². The average molecular weight is 271 g/mol. The number of nitrogens with one attached hydrogen (secondary N) is 1. The van der Waals surface area contributed by atoms with Crippen LogP contribution in [0, 0.1) is 0 Å². The van der Waals surface area contributed by atoms with Gasteiger partial charge >= 0.3 is 38.9 Å². The minimum absolute atomic E-state index is 1.11. The molecule has 1 rings (SSSR count). The van der Waals surface area contributed by atoms with E-state index in [9.17, 15) is 25.2 Å². The molecule has 0 fully saturated rings. The SMILES string of the molecule is CNc1n(C)cc[n+]1C.F[P-](F)(F)(F)(F)F. The van der Waals surface area contributed by atoms with Crippen molar-refractivity contribution in [1.29, 1.82) is 0 Å². The fourth-order valence-electron chi connectivity index (χ4n) is 0.943. The van der Waals surface area contributed by atoms with E-state index < -0.39 is 7.81 Å². The van der Waals surface area contributed by atoms with E-state index in [0.717, 1.165) is 5.95 Å². The Morgan fingerprint density at radius 3 is 1.69 bits per heavy atom. The molecule has 1 aromatic heterocycles. The van der Waals surface area contributed by atoms with Gasteiger partial charge < -0.3 is 0 Å². The maximum atomic E-state index is 9.87. The van der Waals surface area contributed by atoms with E-state index in [0.29, 0.717) is 0 Å². The Balaban J connectivity index is 0.000000293. The summed E-state index contributed by atoms with van der Waals surface area (Å²) >= 11 is 0. The molecule has 10 heteroatoms. The number of halogens is 6. The van der Waals surface area contributed by atoms with Crippen molar-refractivity contribution in [2.45, 2.75) is 0 Å². The van der Waals surface area contributed by atoms with Crippen LogP contribution in [0.1, 0.15) is 0 Å². The van der Waals surface area contributed by atoms with Crippen LogP contribution in [0.4, 0.5) is 31.1 Å². The summed E-state index contributed by atoms with van der Waals surface area (Å²) in [5, 5.41) is 3.07. The molecular formula is C6H12F6N3P. The van der Waals surface area contributed by atoms with Gasteiger partial charge in [-0.2, -0.15) is 0 Å². The van der Waals surface area contributed by atoms with Crippen LogP contribution in [-0.2, 0) is 14.1 Å². The number of hydrogen-bond acceptors (Lipinski definition) is 1. The zero-order chi connectivity index (χ0) is 13.3. The molecule has 0 radical (unpaired) electrons. The van der Waals surface area contributed by atoms with Crippen LogP contribution in [0.25, 0.3) is 0 Å². The predicted molar refractivity (Wildman–Crippen MR) is 49.7 cm³/mol. The summed E-state index contributed by atoms with van der Waals surface area (Å²) in [6, 6.07) is 0. The number of hydrogen-bond donors (Lipinski definition) is 1. The van der Waals surface area contributed by atoms with E-state index in [-0.39, 0.29) is 0 Å². The third kappa shape index (κ3) is 9.57. The summed E-state index contributed by atoms with van der Waals surface area (Å²) in [6.07, 6.45) is 4.01. The minimum atomic E-state index is -10.7. The van der Waals surface area contributed by atoms with Gasteiger partial charge in [0.15, 0.2) is 0 Å². The molecule has 0 bridgehead atoms. The molecule has 1 aromatic rings. The van der Waals surface area contributed by atoms with Gasteiger partial charge in [-0.15, -0.1) is 0 Å². The second-order valence-corrected chi connectivity index (χ2v) is 4.97. The number of aromatic nitrogens is 2. The average Bonchev–Trinajstić information content (AvgIpc) is 2.24. The Bertz CT molecular complexity index is 335. The van der Waals surface area contributed by atoms with Gasteiger partial charge in [0.2, 0.25) is 0 Å². The first-order valence-corrected chi connectivity index (χ1v) is 5.98. The Morgan fingerprint density at radius 2 is 1.56 bits per heavy atom. The molecule has 0 aromatic carbocycles. The molecule has 0 saturated carbocycles. The van der Waals surface area contributed by atoms with Crippen molar-refractivity contribution >= 4 is 13.8 Å². The third-order valence-electron chi connectivity index (χ3n) is 1.41. The summed E-state index contributed by atoms with van der Waals surface area (Å²) in [7, 11) is -4.73. The van der Waals surface area contributed by atoms with Crippen LogP contribution < -0.4 is 9.88 Å². The number of anilines is 1. The molecule has 1 heterocycles.